The Hall–Kier alpha value is -2.72. The van der Waals surface area contributed by atoms with Crippen molar-refractivity contribution >= 4 is 21.8 Å². The number of fused-ring (bicyclic) bond motifs is 3. The third-order valence-electron chi connectivity index (χ3n) is 5.80. The van der Waals surface area contributed by atoms with Gasteiger partial charge in [-0.15, -0.1) is 0 Å². The summed E-state index contributed by atoms with van der Waals surface area (Å²) in [5, 5.41) is 2.46. The summed E-state index contributed by atoms with van der Waals surface area (Å²) in [7, 11) is -2.49. The number of carbonyl (C=O) groups is 2. The van der Waals surface area contributed by atoms with Crippen LogP contribution in [0.15, 0.2) is 35.5 Å². The van der Waals surface area contributed by atoms with Gasteiger partial charge in [-0.25, -0.2) is 13.4 Å². The van der Waals surface area contributed by atoms with Crippen LogP contribution in [0, 0.1) is 0 Å². The van der Waals surface area contributed by atoms with E-state index >= 15 is 0 Å². The molecule has 1 saturated heterocycles. The second kappa shape index (κ2) is 7.84. The molecular formula is C20H25N5O4S. The molecule has 1 atom stereocenters. The van der Waals surface area contributed by atoms with E-state index in [1.807, 2.05) is 6.92 Å². The molecule has 10 heteroatoms. The second-order valence-electron chi connectivity index (χ2n) is 7.67. The molecule has 1 fully saturated rings. The number of imidazole rings is 1. The standard InChI is InChI=1S/C20H25N5O4S/c1-14-7-5-6-10-24(14)20(27)19-16-11-23(12-18(26)21-2)30(28,29)17-9-4-3-8-15(17)25(16)13-22-19/h3-4,8-9,13-14H,5-7,10-12H2,1-2H3,(H,21,26)/t14-/m1/s1. The van der Waals surface area contributed by atoms with Crippen LogP contribution in [0.25, 0.3) is 5.69 Å². The van der Waals surface area contributed by atoms with Crippen LogP contribution in [-0.4, -0.2) is 65.2 Å². The van der Waals surface area contributed by atoms with Crippen LogP contribution >= 0.6 is 0 Å². The number of piperidine rings is 1. The summed E-state index contributed by atoms with van der Waals surface area (Å²) in [6, 6.07) is 6.66. The lowest BCUT2D eigenvalue weighted by atomic mass is 10.0. The lowest BCUT2D eigenvalue weighted by Gasteiger charge is -2.33. The van der Waals surface area contributed by atoms with Gasteiger partial charge in [0.15, 0.2) is 5.69 Å². The highest BCUT2D eigenvalue weighted by molar-refractivity contribution is 7.89. The molecule has 2 amide bonds. The van der Waals surface area contributed by atoms with Gasteiger partial charge in [-0.05, 0) is 38.3 Å². The van der Waals surface area contributed by atoms with E-state index in [-0.39, 0.29) is 35.6 Å². The molecule has 0 unspecified atom stereocenters. The first-order chi connectivity index (χ1) is 14.3. The predicted molar refractivity (Wildman–Crippen MR) is 110 cm³/mol. The van der Waals surface area contributed by atoms with Crippen LogP contribution in [0.4, 0.5) is 0 Å². The number of hydrogen-bond donors (Lipinski definition) is 1. The van der Waals surface area contributed by atoms with Crippen molar-refractivity contribution < 1.29 is 18.0 Å². The molecule has 0 spiro atoms. The Bertz CT molecular complexity index is 1090. The molecule has 2 aromatic rings. The monoisotopic (exact) mass is 431 g/mol. The third-order valence-corrected chi connectivity index (χ3v) is 7.64. The van der Waals surface area contributed by atoms with Crippen LogP contribution in [0.1, 0.15) is 42.4 Å². The topological polar surface area (TPSA) is 105 Å². The Kier molecular flexibility index (Phi) is 5.37. The largest absolute Gasteiger partial charge is 0.358 e. The van der Waals surface area contributed by atoms with Crippen LogP contribution in [0.3, 0.4) is 0 Å². The number of likely N-dealkylation sites (N-methyl/N-ethyl adjacent to an activating group) is 1. The zero-order valence-electron chi connectivity index (χ0n) is 17.0. The van der Waals surface area contributed by atoms with Crippen molar-refractivity contribution in [3.63, 3.8) is 0 Å². The molecule has 3 heterocycles. The van der Waals surface area contributed by atoms with Gasteiger partial charge in [-0.2, -0.15) is 4.31 Å². The zero-order valence-corrected chi connectivity index (χ0v) is 17.9. The van der Waals surface area contributed by atoms with E-state index in [1.165, 1.54) is 19.4 Å². The number of likely N-dealkylation sites (tertiary alicyclic amines) is 1. The number of nitrogens with one attached hydrogen (secondary N) is 1. The lowest BCUT2D eigenvalue weighted by molar-refractivity contribution is -0.120. The highest BCUT2D eigenvalue weighted by Crippen LogP contribution is 2.32. The highest BCUT2D eigenvalue weighted by Gasteiger charge is 2.37. The Labute approximate surface area is 175 Å². The van der Waals surface area contributed by atoms with Crippen molar-refractivity contribution in [3.05, 3.63) is 42.0 Å². The fraction of sp³-hybridized carbons (Fsp3) is 0.450. The molecule has 0 radical (unpaired) electrons. The smallest absolute Gasteiger partial charge is 0.274 e. The summed E-state index contributed by atoms with van der Waals surface area (Å²) in [6.45, 7) is 2.21. The molecular weight excluding hydrogens is 406 g/mol. The molecule has 9 nitrogen and oxygen atoms in total. The summed E-state index contributed by atoms with van der Waals surface area (Å²) in [5.41, 5.74) is 1.12. The number of nitrogens with zero attached hydrogens (tertiary/aromatic N) is 4. The predicted octanol–water partition coefficient (Wildman–Crippen LogP) is 1.14. The van der Waals surface area contributed by atoms with Gasteiger partial charge in [0.2, 0.25) is 15.9 Å². The average molecular weight is 432 g/mol. The molecule has 1 aromatic heterocycles. The van der Waals surface area contributed by atoms with Gasteiger partial charge in [0.05, 0.1) is 24.5 Å². The van der Waals surface area contributed by atoms with Gasteiger partial charge < -0.3 is 10.2 Å². The van der Waals surface area contributed by atoms with E-state index in [1.54, 1.807) is 27.7 Å². The number of aromatic nitrogens is 2. The van der Waals surface area contributed by atoms with E-state index in [2.05, 4.69) is 10.3 Å². The number of sulfonamides is 1. The summed E-state index contributed by atoms with van der Waals surface area (Å²) < 4.78 is 29.3. The van der Waals surface area contributed by atoms with Crippen LogP contribution < -0.4 is 5.32 Å². The molecule has 0 bridgehead atoms. The molecule has 160 valence electrons. The maximum Gasteiger partial charge on any atom is 0.274 e. The molecule has 0 aliphatic carbocycles. The summed E-state index contributed by atoms with van der Waals surface area (Å²) in [5.74, 6) is -0.630. The van der Waals surface area contributed by atoms with Gasteiger partial charge in [0.1, 0.15) is 11.2 Å². The minimum Gasteiger partial charge on any atom is -0.358 e. The number of amides is 2. The Morgan fingerprint density at radius 3 is 2.73 bits per heavy atom. The zero-order chi connectivity index (χ0) is 21.5. The molecule has 2 aliphatic heterocycles. The second-order valence-corrected chi connectivity index (χ2v) is 9.57. The SMILES string of the molecule is CNC(=O)CN1Cc2c(C(=O)N3CCCC[C@H]3C)ncn2-c2ccccc2S1(=O)=O. The number of rotatable bonds is 3. The first kappa shape index (κ1) is 20.5. The normalized spacial score (nSPS) is 20.7. The van der Waals surface area contributed by atoms with Gasteiger partial charge in [0, 0.05) is 19.6 Å². The lowest BCUT2D eigenvalue weighted by Crippen LogP contribution is -2.43. The number of carbonyl (C=O) groups excluding carboxylic acids is 2. The van der Waals surface area contributed by atoms with E-state index in [0.717, 1.165) is 23.6 Å². The number of hydrogen-bond acceptors (Lipinski definition) is 5. The minimum absolute atomic E-state index is 0.0791. The van der Waals surface area contributed by atoms with Crippen molar-refractivity contribution in [2.75, 3.05) is 20.1 Å². The maximum atomic E-state index is 13.3. The van der Waals surface area contributed by atoms with Crippen LogP contribution in [0.5, 0.6) is 0 Å². The Morgan fingerprint density at radius 1 is 1.23 bits per heavy atom. The maximum absolute atomic E-state index is 13.3. The van der Waals surface area contributed by atoms with Gasteiger partial charge >= 0.3 is 0 Å². The Balaban J connectivity index is 1.83. The van der Waals surface area contributed by atoms with E-state index in [4.69, 9.17) is 0 Å². The highest BCUT2D eigenvalue weighted by atomic mass is 32.2. The molecule has 1 N–H and O–H groups in total. The molecule has 30 heavy (non-hydrogen) atoms. The number of para-hydroxylation sites is 1. The summed E-state index contributed by atoms with van der Waals surface area (Å²) in [6.07, 6.45) is 4.45. The summed E-state index contributed by atoms with van der Waals surface area (Å²) in [4.78, 5) is 31.6. The minimum atomic E-state index is -3.94. The first-order valence-corrected chi connectivity index (χ1v) is 11.5. The van der Waals surface area contributed by atoms with E-state index in [9.17, 15) is 18.0 Å². The van der Waals surface area contributed by atoms with Crippen molar-refractivity contribution in [3.8, 4) is 5.69 Å². The summed E-state index contributed by atoms with van der Waals surface area (Å²) >= 11 is 0. The fourth-order valence-corrected chi connectivity index (χ4v) is 5.63. The van der Waals surface area contributed by atoms with Gasteiger partial charge in [-0.1, -0.05) is 12.1 Å². The first-order valence-electron chi connectivity index (χ1n) is 10.0. The van der Waals surface area contributed by atoms with Gasteiger partial charge in [-0.3, -0.25) is 14.2 Å². The van der Waals surface area contributed by atoms with Crippen molar-refractivity contribution in [1.29, 1.82) is 0 Å². The third kappa shape index (κ3) is 3.39. The fourth-order valence-electron chi connectivity index (χ4n) is 4.09. The average Bonchev–Trinajstić information content (AvgIpc) is 3.13. The van der Waals surface area contributed by atoms with Crippen LogP contribution in [0.2, 0.25) is 0 Å². The Morgan fingerprint density at radius 2 is 2.00 bits per heavy atom. The molecule has 0 saturated carbocycles. The van der Waals surface area contributed by atoms with Gasteiger partial charge in [0.25, 0.3) is 5.91 Å². The molecule has 1 aromatic carbocycles. The van der Waals surface area contributed by atoms with E-state index in [0.29, 0.717) is 17.9 Å². The number of benzene rings is 1. The van der Waals surface area contributed by atoms with E-state index < -0.39 is 15.9 Å². The quantitative estimate of drug-likeness (QED) is 0.785. The van der Waals surface area contributed by atoms with Crippen LogP contribution in [-0.2, 0) is 21.4 Å². The molecule has 2 aliphatic rings. The van der Waals surface area contributed by atoms with Crippen molar-refractivity contribution in [1.82, 2.24) is 24.1 Å². The van der Waals surface area contributed by atoms with Crippen molar-refractivity contribution in [2.45, 2.75) is 43.7 Å². The molecule has 4 rings (SSSR count). The van der Waals surface area contributed by atoms with Crippen molar-refractivity contribution in [2.24, 2.45) is 0 Å².